The third kappa shape index (κ3) is 5.27. The standard InChI is InChI=1S/C14H28O6/c15-5-6-19-7-8-20-13(9-16)12-1-3-14(10-17,11-18)4-2-12/h12-13,15-18H,1-11H2. The van der Waals surface area contributed by atoms with Crippen molar-refractivity contribution in [1.29, 1.82) is 0 Å². The van der Waals surface area contributed by atoms with Crippen molar-refractivity contribution in [3.63, 3.8) is 0 Å². The minimum absolute atomic E-state index is 0.00352. The molecule has 6 heteroatoms. The van der Waals surface area contributed by atoms with E-state index in [9.17, 15) is 15.3 Å². The van der Waals surface area contributed by atoms with Crippen molar-refractivity contribution >= 4 is 0 Å². The summed E-state index contributed by atoms with van der Waals surface area (Å²) in [5, 5.41) is 36.7. The highest BCUT2D eigenvalue weighted by molar-refractivity contribution is 4.87. The third-order valence-corrected chi connectivity index (χ3v) is 4.26. The monoisotopic (exact) mass is 292 g/mol. The van der Waals surface area contributed by atoms with E-state index in [0.717, 1.165) is 25.7 Å². The van der Waals surface area contributed by atoms with Crippen LogP contribution in [0.25, 0.3) is 0 Å². The van der Waals surface area contributed by atoms with Crippen molar-refractivity contribution in [2.45, 2.75) is 31.8 Å². The molecule has 1 saturated carbocycles. The predicted molar refractivity (Wildman–Crippen MR) is 73.3 cm³/mol. The number of hydrogen-bond donors (Lipinski definition) is 4. The van der Waals surface area contributed by atoms with Crippen LogP contribution < -0.4 is 0 Å². The maximum Gasteiger partial charge on any atom is 0.0834 e. The first-order chi connectivity index (χ1) is 9.71. The number of ether oxygens (including phenoxy) is 2. The second-order valence-electron chi connectivity index (χ2n) is 5.58. The molecule has 1 aliphatic carbocycles. The molecule has 1 aliphatic rings. The molecular weight excluding hydrogens is 264 g/mol. The van der Waals surface area contributed by atoms with Crippen LogP contribution in [0.2, 0.25) is 0 Å². The Balaban J connectivity index is 2.29. The van der Waals surface area contributed by atoms with Crippen LogP contribution in [0.15, 0.2) is 0 Å². The lowest BCUT2D eigenvalue weighted by Crippen LogP contribution is -2.39. The van der Waals surface area contributed by atoms with Gasteiger partial charge in [-0.3, -0.25) is 0 Å². The summed E-state index contributed by atoms with van der Waals surface area (Å²) in [4.78, 5) is 0. The van der Waals surface area contributed by atoms with E-state index in [1.165, 1.54) is 0 Å². The van der Waals surface area contributed by atoms with Crippen molar-refractivity contribution in [2.75, 3.05) is 46.2 Å². The Hall–Kier alpha value is -0.240. The lowest BCUT2D eigenvalue weighted by Gasteiger charge is -2.39. The van der Waals surface area contributed by atoms with Crippen molar-refractivity contribution in [1.82, 2.24) is 0 Å². The molecular formula is C14H28O6. The van der Waals surface area contributed by atoms with Crippen LogP contribution in [0.5, 0.6) is 0 Å². The molecule has 1 fully saturated rings. The maximum atomic E-state index is 9.42. The van der Waals surface area contributed by atoms with Gasteiger partial charge in [-0.15, -0.1) is 0 Å². The number of rotatable bonds is 10. The van der Waals surface area contributed by atoms with Gasteiger partial charge in [0, 0.05) is 5.41 Å². The zero-order valence-corrected chi connectivity index (χ0v) is 12.0. The van der Waals surface area contributed by atoms with Gasteiger partial charge in [0.1, 0.15) is 0 Å². The first-order valence-electron chi connectivity index (χ1n) is 7.34. The molecule has 1 rings (SSSR count). The molecule has 120 valence electrons. The molecule has 0 aliphatic heterocycles. The lowest BCUT2D eigenvalue weighted by atomic mass is 9.70. The maximum absolute atomic E-state index is 9.42. The highest BCUT2D eigenvalue weighted by atomic mass is 16.5. The molecule has 0 aromatic rings. The summed E-state index contributed by atoms with van der Waals surface area (Å²) in [6.45, 7) is 1.08. The van der Waals surface area contributed by atoms with Gasteiger partial charge in [0.05, 0.1) is 52.4 Å². The van der Waals surface area contributed by atoms with Crippen molar-refractivity contribution in [3.05, 3.63) is 0 Å². The molecule has 0 aromatic carbocycles. The molecule has 0 amide bonds. The van der Waals surface area contributed by atoms with Crippen LogP contribution in [0.4, 0.5) is 0 Å². The Kier molecular flexibility index (Phi) is 8.60. The fourth-order valence-electron chi connectivity index (χ4n) is 2.75. The van der Waals surface area contributed by atoms with Crippen molar-refractivity contribution in [3.8, 4) is 0 Å². The molecule has 4 N–H and O–H groups in total. The molecule has 0 aromatic heterocycles. The van der Waals surface area contributed by atoms with Gasteiger partial charge in [0.25, 0.3) is 0 Å². The lowest BCUT2D eigenvalue weighted by molar-refractivity contribution is -0.0732. The summed E-state index contributed by atoms with van der Waals surface area (Å²) in [7, 11) is 0. The van der Waals surface area contributed by atoms with Crippen LogP contribution in [-0.2, 0) is 9.47 Å². The summed E-state index contributed by atoms with van der Waals surface area (Å²) in [5.74, 6) is 0.254. The van der Waals surface area contributed by atoms with E-state index in [0.29, 0.717) is 19.8 Å². The fraction of sp³-hybridized carbons (Fsp3) is 1.00. The van der Waals surface area contributed by atoms with E-state index in [2.05, 4.69) is 0 Å². The fourth-order valence-corrected chi connectivity index (χ4v) is 2.75. The van der Waals surface area contributed by atoms with E-state index in [-0.39, 0.29) is 43.9 Å². The van der Waals surface area contributed by atoms with Crippen LogP contribution >= 0.6 is 0 Å². The summed E-state index contributed by atoms with van der Waals surface area (Å²) >= 11 is 0. The van der Waals surface area contributed by atoms with E-state index < -0.39 is 0 Å². The molecule has 0 radical (unpaired) electrons. The van der Waals surface area contributed by atoms with E-state index in [1.54, 1.807) is 0 Å². The molecule has 0 spiro atoms. The second-order valence-corrected chi connectivity index (χ2v) is 5.58. The summed E-state index contributed by atoms with van der Waals surface area (Å²) < 4.78 is 10.7. The largest absolute Gasteiger partial charge is 0.396 e. The molecule has 1 unspecified atom stereocenters. The third-order valence-electron chi connectivity index (χ3n) is 4.26. The minimum Gasteiger partial charge on any atom is -0.396 e. The number of aliphatic hydroxyl groups is 4. The smallest absolute Gasteiger partial charge is 0.0834 e. The van der Waals surface area contributed by atoms with Crippen LogP contribution in [0, 0.1) is 11.3 Å². The minimum atomic E-state index is -0.360. The Morgan fingerprint density at radius 2 is 1.60 bits per heavy atom. The van der Waals surface area contributed by atoms with Gasteiger partial charge in [0.2, 0.25) is 0 Å². The first kappa shape index (κ1) is 17.8. The van der Waals surface area contributed by atoms with Crippen molar-refractivity contribution in [2.24, 2.45) is 11.3 Å². The van der Waals surface area contributed by atoms with Gasteiger partial charge in [-0.1, -0.05) is 0 Å². The van der Waals surface area contributed by atoms with Crippen LogP contribution in [0.3, 0.4) is 0 Å². The van der Waals surface area contributed by atoms with Gasteiger partial charge in [-0.05, 0) is 31.6 Å². The van der Waals surface area contributed by atoms with Gasteiger partial charge < -0.3 is 29.9 Å². The quantitative estimate of drug-likeness (QED) is 0.406. The Labute approximate surface area is 120 Å². The van der Waals surface area contributed by atoms with Crippen LogP contribution in [-0.4, -0.2) is 72.8 Å². The zero-order chi connectivity index (χ0) is 14.8. The number of hydrogen-bond acceptors (Lipinski definition) is 6. The van der Waals surface area contributed by atoms with E-state index in [4.69, 9.17) is 14.6 Å². The molecule has 0 saturated heterocycles. The molecule has 1 atom stereocenters. The van der Waals surface area contributed by atoms with E-state index >= 15 is 0 Å². The van der Waals surface area contributed by atoms with Crippen LogP contribution in [0.1, 0.15) is 25.7 Å². The normalized spacial score (nSPS) is 21.0. The molecule has 0 heterocycles. The Morgan fingerprint density at radius 1 is 0.950 bits per heavy atom. The van der Waals surface area contributed by atoms with Gasteiger partial charge >= 0.3 is 0 Å². The zero-order valence-electron chi connectivity index (χ0n) is 12.0. The SMILES string of the molecule is OCCOCCOC(CO)C1CCC(CO)(CO)CC1. The molecule has 6 nitrogen and oxygen atoms in total. The summed E-state index contributed by atoms with van der Waals surface area (Å²) in [6.07, 6.45) is 2.97. The molecule has 20 heavy (non-hydrogen) atoms. The Bertz CT molecular complexity index is 234. The van der Waals surface area contributed by atoms with Gasteiger partial charge in [-0.2, -0.15) is 0 Å². The highest BCUT2D eigenvalue weighted by Crippen LogP contribution is 2.39. The predicted octanol–water partition coefficient (Wildman–Crippen LogP) is -0.466. The van der Waals surface area contributed by atoms with Gasteiger partial charge in [-0.25, -0.2) is 0 Å². The topological polar surface area (TPSA) is 99.4 Å². The highest BCUT2D eigenvalue weighted by Gasteiger charge is 2.37. The van der Waals surface area contributed by atoms with E-state index in [1.807, 2.05) is 0 Å². The first-order valence-corrected chi connectivity index (χ1v) is 7.34. The van der Waals surface area contributed by atoms with Crippen molar-refractivity contribution < 1.29 is 29.9 Å². The summed E-state index contributed by atoms with van der Waals surface area (Å²) in [6, 6.07) is 0. The average molecular weight is 292 g/mol. The second kappa shape index (κ2) is 9.65. The van der Waals surface area contributed by atoms with Gasteiger partial charge in [0.15, 0.2) is 0 Å². The Morgan fingerprint density at radius 3 is 2.10 bits per heavy atom. The summed E-state index contributed by atoms with van der Waals surface area (Å²) in [5.41, 5.74) is -0.360. The average Bonchev–Trinajstić information content (AvgIpc) is 2.51. The number of aliphatic hydroxyl groups excluding tert-OH is 4. The molecule has 0 bridgehead atoms.